The summed E-state index contributed by atoms with van der Waals surface area (Å²) < 4.78 is 0. The van der Waals surface area contributed by atoms with E-state index in [4.69, 9.17) is 16.6 Å². The van der Waals surface area contributed by atoms with Crippen LogP contribution in [0.1, 0.15) is 65.5 Å². The molecule has 7 heteroatoms. The molecule has 0 atom stereocenters. The number of allylic oxidation sites excluding steroid dienone is 1. The van der Waals surface area contributed by atoms with Crippen molar-refractivity contribution in [1.29, 1.82) is 0 Å². The second-order valence-electron chi connectivity index (χ2n) is 8.73. The van der Waals surface area contributed by atoms with E-state index in [1.165, 1.54) is 5.71 Å². The number of rotatable bonds is 4. The molecule has 1 saturated carbocycles. The van der Waals surface area contributed by atoms with Gasteiger partial charge in [-0.2, -0.15) is 0 Å². The van der Waals surface area contributed by atoms with E-state index in [1.54, 1.807) is 13.1 Å². The second kappa shape index (κ2) is 8.60. The van der Waals surface area contributed by atoms with Crippen molar-refractivity contribution in [3.8, 4) is 0 Å². The smallest absolute Gasteiger partial charge is 0.223 e. The van der Waals surface area contributed by atoms with Crippen molar-refractivity contribution in [3.63, 3.8) is 0 Å². The van der Waals surface area contributed by atoms with Gasteiger partial charge in [0.2, 0.25) is 11.9 Å². The van der Waals surface area contributed by atoms with Crippen LogP contribution in [0.4, 0.5) is 5.95 Å². The van der Waals surface area contributed by atoms with Gasteiger partial charge in [-0.3, -0.25) is 9.79 Å². The third kappa shape index (κ3) is 5.31. The van der Waals surface area contributed by atoms with E-state index in [0.29, 0.717) is 23.6 Å². The van der Waals surface area contributed by atoms with Gasteiger partial charge in [0.25, 0.3) is 0 Å². The summed E-state index contributed by atoms with van der Waals surface area (Å²) in [6.07, 6.45) is 8.57. The zero-order valence-corrected chi connectivity index (χ0v) is 17.9. The molecule has 1 aliphatic carbocycles. The number of hydrogen-bond acceptors (Lipinski definition) is 5. The van der Waals surface area contributed by atoms with Gasteiger partial charge >= 0.3 is 0 Å². The molecule has 6 nitrogen and oxygen atoms in total. The van der Waals surface area contributed by atoms with Crippen molar-refractivity contribution in [2.75, 3.05) is 11.9 Å². The monoisotopic (exact) mass is 403 g/mol. The number of hydrogen-bond donors (Lipinski definition) is 2. The summed E-state index contributed by atoms with van der Waals surface area (Å²) in [4.78, 5) is 25.0. The predicted molar refractivity (Wildman–Crippen MR) is 115 cm³/mol. The fourth-order valence-electron chi connectivity index (χ4n) is 3.76. The summed E-state index contributed by atoms with van der Waals surface area (Å²) in [7, 11) is 0. The molecule has 1 aliphatic heterocycles. The molecule has 152 valence electrons. The molecular weight excluding hydrogens is 374 g/mol. The van der Waals surface area contributed by atoms with Crippen LogP contribution in [0.5, 0.6) is 0 Å². The lowest BCUT2D eigenvalue weighted by Gasteiger charge is -2.29. The van der Waals surface area contributed by atoms with E-state index < -0.39 is 0 Å². The molecule has 0 saturated heterocycles. The average molecular weight is 404 g/mol. The largest absolute Gasteiger partial charge is 0.354 e. The first-order chi connectivity index (χ1) is 13.2. The maximum absolute atomic E-state index is 11.2. The summed E-state index contributed by atoms with van der Waals surface area (Å²) in [5, 5.41) is 7.00. The molecule has 3 rings (SSSR count). The van der Waals surface area contributed by atoms with Gasteiger partial charge < -0.3 is 10.6 Å². The topological polar surface area (TPSA) is 79.3 Å². The Hall–Kier alpha value is -1.95. The number of halogens is 1. The molecule has 0 spiro atoms. The molecule has 0 unspecified atom stereocenters. The van der Waals surface area contributed by atoms with Crippen LogP contribution in [0.2, 0.25) is 5.02 Å². The van der Waals surface area contributed by atoms with Crippen molar-refractivity contribution in [2.24, 2.45) is 10.4 Å². The Labute approximate surface area is 172 Å². The minimum absolute atomic E-state index is 0.0418. The molecule has 1 aromatic heterocycles. The number of nitrogens with zero attached hydrogens (tertiary/aromatic N) is 3. The third-order valence-corrected chi connectivity index (χ3v) is 5.64. The lowest BCUT2D eigenvalue weighted by Crippen LogP contribution is -2.39. The van der Waals surface area contributed by atoms with Crippen LogP contribution >= 0.6 is 11.6 Å². The summed E-state index contributed by atoms with van der Waals surface area (Å²) in [6, 6.07) is 0.587. The SMILES string of the molecule is CC(=O)N[C@H]1CC[C@H](Nc2ncc(Cl)c(C3=CCC(C(C)(C)C)=NC3)n2)CC1. The normalized spacial score (nSPS) is 22.9. The standard InChI is InChI=1S/C21H30ClN5O/c1-13(28)25-15-6-8-16(9-7-15)26-20-24-12-17(22)19(27-20)14-5-10-18(23-11-14)21(2,3)4/h5,12,15-16H,6-11H2,1-4H3,(H,25,28)(H,24,26,27)/t15-,16-. The van der Waals surface area contributed by atoms with Crippen molar-refractivity contribution in [2.45, 2.75) is 71.9 Å². The molecule has 1 amide bonds. The fraction of sp³-hybridized carbons (Fsp3) is 0.619. The van der Waals surface area contributed by atoms with Crippen molar-refractivity contribution < 1.29 is 4.79 Å². The minimum Gasteiger partial charge on any atom is -0.354 e. The molecule has 2 N–H and O–H groups in total. The lowest BCUT2D eigenvalue weighted by atomic mass is 9.86. The van der Waals surface area contributed by atoms with Gasteiger partial charge in [-0.1, -0.05) is 38.4 Å². The molecule has 1 fully saturated rings. The van der Waals surface area contributed by atoms with E-state index in [1.807, 2.05) is 0 Å². The summed E-state index contributed by atoms with van der Waals surface area (Å²) in [6.45, 7) is 8.73. The quantitative estimate of drug-likeness (QED) is 0.786. The number of carbonyl (C=O) groups is 1. The van der Waals surface area contributed by atoms with Gasteiger partial charge in [0, 0.05) is 36.6 Å². The van der Waals surface area contributed by atoms with Gasteiger partial charge in [-0.05, 0) is 31.3 Å². The van der Waals surface area contributed by atoms with Gasteiger partial charge in [-0.15, -0.1) is 0 Å². The molecule has 0 radical (unpaired) electrons. The van der Waals surface area contributed by atoms with E-state index in [9.17, 15) is 4.79 Å². The van der Waals surface area contributed by atoms with Gasteiger partial charge in [-0.25, -0.2) is 9.97 Å². The Kier molecular flexibility index (Phi) is 6.38. The third-order valence-electron chi connectivity index (χ3n) is 5.36. The first-order valence-corrected chi connectivity index (χ1v) is 10.4. The van der Waals surface area contributed by atoms with Crippen LogP contribution in [0.25, 0.3) is 5.57 Å². The van der Waals surface area contributed by atoms with E-state index >= 15 is 0 Å². The summed E-state index contributed by atoms with van der Waals surface area (Å²) in [5.41, 5.74) is 3.11. The van der Waals surface area contributed by atoms with Gasteiger partial charge in [0.05, 0.1) is 23.5 Å². The molecule has 2 aliphatic rings. The minimum atomic E-state index is 0.0418. The zero-order chi connectivity index (χ0) is 20.3. The molecular formula is C21H30ClN5O. The van der Waals surface area contributed by atoms with Gasteiger partial charge in [0.15, 0.2) is 0 Å². The maximum Gasteiger partial charge on any atom is 0.223 e. The Morgan fingerprint density at radius 1 is 1.18 bits per heavy atom. The Morgan fingerprint density at radius 3 is 2.43 bits per heavy atom. The number of aliphatic imine (C=N–C) groups is 1. The molecule has 2 heterocycles. The zero-order valence-electron chi connectivity index (χ0n) is 17.2. The van der Waals surface area contributed by atoms with Crippen LogP contribution in [0, 0.1) is 5.41 Å². The number of aromatic nitrogens is 2. The van der Waals surface area contributed by atoms with E-state index in [0.717, 1.165) is 43.4 Å². The first kappa shape index (κ1) is 20.8. The van der Waals surface area contributed by atoms with Crippen molar-refractivity contribution in [3.05, 3.63) is 23.0 Å². The number of dihydropyridines is 1. The Balaban J connectivity index is 1.63. The fourth-order valence-corrected chi connectivity index (χ4v) is 3.97. The summed E-state index contributed by atoms with van der Waals surface area (Å²) in [5.74, 6) is 0.647. The van der Waals surface area contributed by atoms with Crippen molar-refractivity contribution in [1.82, 2.24) is 15.3 Å². The number of anilines is 1. The molecule has 0 bridgehead atoms. The van der Waals surface area contributed by atoms with Crippen LogP contribution in [-0.4, -0.2) is 40.2 Å². The van der Waals surface area contributed by atoms with Crippen LogP contribution in [0.3, 0.4) is 0 Å². The first-order valence-electron chi connectivity index (χ1n) is 10.0. The molecule has 28 heavy (non-hydrogen) atoms. The van der Waals surface area contributed by atoms with E-state index in [2.05, 4.69) is 47.4 Å². The Morgan fingerprint density at radius 2 is 1.86 bits per heavy atom. The van der Waals surface area contributed by atoms with E-state index in [-0.39, 0.29) is 17.4 Å². The van der Waals surface area contributed by atoms with Gasteiger partial charge in [0.1, 0.15) is 0 Å². The lowest BCUT2D eigenvalue weighted by molar-refractivity contribution is -0.119. The highest BCUT2D eigenvalue weighted by atomic mass is 35.5. The maximum atomic E-state index is 11.2. The van der Waals surface area contributed by atoms with Crippen LogP contribution < -0.4 is 10.6 Å². The highest BCUT2D eigenvalue weighted by Crippen LogP contribution is 2.29. The average Bonchev–Trinajstić information content (AvgIpc) is 2.64. The second-order valence-corrected chi connectivity index (χ2v) is 9.14. The van der Waals surface area contributed by atoms with Crippen LogP contribution in [0.15, 0.2) is 17.3 Å². The summed E-state index contributed by atoms with van der Waals surface area (Å²) >= 11 is 6.38. The highest BCUT2D eigenvalue weighted by Gasteiger charge is 2.24. The number of carbonyl (C=O) groups excluding carboxylic acids is 1. The number of amides is 1. The highest BCUT2D eigenvalue weighted by molar-refractivity contribution is 6.32. The predicted octanol–water partition coefficient (Wildman–Crippen LogP) is 4.26. The number of nitrogens with one attached hydrogen (secondary N) is 2. The molecule has 1 aromatic rings. The molecule has 0 aromatic carbocycles. The van der Waals surface area contributed by atoms with Crippen LogP contribution in [-0.2, 0) is 4.79 Å². The Bertz CT molecular complexity index is 788. The van der Waals surface area contributed by atoms with Crippen molar-refractivity contribution >= 4 is 34.7 Å².